The monoisotopic (exact) mass is 984 g/mol. The Kier molecular flexibility index (Phi) is 58.0. The third-order valence-corrected chi connectivity index (χ3v) is 14.4. The number of aliphatic hydroxyl groups is 2. The lowest BCUT2D eigenvalue weighted by atomic mass is 10.0. The molecular weight excluding hydrogens is 863 g/mol. The molecule has 0 bridgehead atoms. The van der Waals surface area contributed by atoms with Gasteiger partial charge >= 0.3 is 5.97 Å². The van der Waals surface area contributed by atoms with Crippen LogP contribution in [0.5, 0.6) is 0 Å². The van der Waals surface area contributed by atoms with Crippen LogP contribution in [0.4, 0.5) is 0 Å². The molecule has 0 fully saturated rings. The molecule has 0 spiro atoms. The fourth-order valence-electron chi connectivity index (χ4n) is 9.57. The van der Waals surface area contributed by atoms with Crippen LogP contribution in [0.15, 0.2) is 36.5 Å². The molecule has 70 heavy (non-hydrogen) atoms. The molecule has 0 saturated heterocycles. The summed E-state index contributed by atoms with van der Waals surface area (Å²) in [5.41, 5.74) is 0. The Bertz CT molecular complexity index is 1130. The Morgan fingerprint density at radius 3 is 1.01 bits per heavy atom. The lowest BCUT2D eigenvalue weighted by molar-refractivity contribution is -0.143. The van der Waals surface area contributed by atoms with Crippen LogP contribution in [-0.2, 0) is 14.3 Å². The summed E-state index contributed by atoms with van der Waals surface area (Å²) in [6, 6.07) is -0.639. The summed E-state index contributed by atoms with van der Waals surface area (Å²) >= 11 is 0. The van der Waals surface area contributed by atoms with Gasteiger partial charge in [0.25, 0.3) is 0 Å². The smallest absolute Gasteiger partial charge is 0.305 e. The maximum Gasteiger partial charge on any atom is 0.305 e. The summed E-state index contributed by atoms with van der Waals surface area (Å²) in [4.78, 5) is 24.5. The number of carbonyl (C=O) groups excluding carboxylic acids is 2. The number of unbranched alkanes of at least 4 members (excludes halogenated alkanes) is 43. The Morgan fingerprint density at radius 2 is 0.671 bits per heavy atom. The number of esters is 1. The highest BCUT2D eigenvalue weighted by Crippen LogP contribution is 2.17. The Labute approximate surface area is 436 Å². The van der Waals surface area contributed by atoms with E-state index in [1.54, 1.807) is 6.08 Å². The molecule has 412 valence electrons. The first-order chi connectivity index (χ1) is 34.5. The third kappa shape index (κ3) is 55.4. The van der Waals surface area contributed by atoms with Gasteiger partial charge in [-0.2, -0.15) is 0 Å². The van der Waals surface area contributed by atoms with E-state index in [-0.39, 0.29) is 18.5 Å². The molecule has 0 aromatic rings. The Balaban J connectivity index is 3.48. The second kappa shape index (κ2) is 59.6. The van der Waals surface area contributed by atoms with Crippen LogP contribution in [0.3, 0.4) is 0 Å². The predicted octanol–water partition coefficient (Wildman–Crippen LogP) is 19.6. The van der Waals surface area contributed by atoms with Crippen LogP contribution in [0.25, 0.3) is 0 Å². The van der Waals surface area contributed by atoms with Gasteiger partial charge in [0.15, 0.2) is 0 Å². The number of ether oxygens (including phenoxy) is 1. The highest BCUT2D eigenvalue weighted by Gasteiger charge is 2.18. The van der Waals surface area contributed by atoms with Crippen molar-refractivity contribution in [3.05, 3.63) is 36.5 Å². The van der Waals surface area contributed by atoms with Crippen molar-refractivity contribution in [2.24, 2.45) is 0 Å². The summed E-state index contributed by atoms with van der Waals surface area (Å²) in [6.07, 6.45) is 74.6. The molecule has 0 aromatic carbocycles. The van der Waals surface area contributed by atoms with E-state index < -0.39 is 12.1 Å². The molecule has 6 nitrogen and oxygen atoms in total. The van der Waals surface area contributed by atoms with Crippen molar-refractivity contribution in [1.29, 1.82) is 0 Å². The van der Waals surface area contributed by atoms with E-state index in [1.165, 1.54) is 244 Å². The van der Waals surface area contributed by atoms with Gasteiger partial charge in [-0.25, -0.2) is 0 Å². The molecule has 2 unspecified atom stereocenters. The lowest BCUT2D eigenvalue weighted by Crippen LogP contribution is -2.45. The van der Waals surface area contributed by atoms with Gasteiger partial charge in [-0.05, 0) is 83.5 Å². The van der Waals surface area contributed by atoms with Crippen LogP contribution in [-0.4, -0.2) is 47.4 Å². The van der Waals surface area contributed by atoms with E-state index in [1.807, 2.05) is 6.08 Å². The standard InChI is InChI=1S/C64H121NO5/c1-3-5-7-9-11-13-15-17-19-20-21-22-25-29-32-36-40-44-48-52-56-62(67)61(60-66)65-63(68)57-53-49-45-41-37-33-30-26-23-24-27-31-35-39-43-47-51-55-59-70-64(69)58-54-50-46-42-38-34-28-18-16-14-12-10-8-6-4-2/h18,26,28,30,52,56,61-62,66-67H,3-17,19-25,27,29,31-51,53-55,57-60H2,1-2H3,(H,65,68)/b28-18-,30-26-,56-52+. The summed E-state index contributed by atoms with van der Waals surface area (Å²) in [7, 11) is 0. The van der Waals surface area contributed by atoms with Gasteiger partial charge in [0.05, 0.1) is 25.4 Å². The van der Waals surface area contributed by atoms with E-state index in [4.69, 9.17) is 4.74 Å². The quantitative estimate of drug-likeness (QED) is 0.0321. The molecular formula is C64H121NO5. The molecule has 0 aromatic heterocycles. The maximum atomic E-state index is 12.5. The van der Waals surface area contributed by atoms with Gasteiger partial charge in [0.1, 0.15) is 0 Å². The van der Waals surface area contributed by atoms with Gasteiger partial charge < -0.3 is 20.3 Å². The van der Waals surface area contributed by atoms with Gasteiger partial charge in [0, 0.05) is 12.8 Å². The second-order valence-corrected chi connectivity index (χ2v) is 21.4. The highest BCUT2D eigenvalue weighted by atomic mass is 16.5. The molecule has 0 aliphatic carbocycles. The van der Waals surface area contributed by atoms with Gasteiger partial charge in [-0.3, -0.25) is 9.59 Å². The van der Waals surface area contributed by atoms with Crippen LogP contribution in [0, 0.1) is 0 Å². The molecule has 0 aliphatic rings. The minimum Gasteiger partial charge on any atom is -0.466 e. The van der Waals surface area contributed by atoms with Crippen LogP contribution in [0.2, 0.25) is 0 Å². The Hall–Kier alpha value is -1.92. The molecule has 0 aliphatic heterocycles. The van der Waals surface area contributed by atoms with E-state index in [9.17, 15) is 19.8 Å². The van der Waals surface area contributed by atoms with Crippen molar-refractivity contribution in [3.8, 4) is 0 Å². The first-order valence-corrected chi connectivity index (χ1v) is 31.3. The second-order valence-electron chi connectivity index (χ2n) is 21.4. The first-order valence-electron chi connectivity index (χ1n) is 31.3. The maximum absolute atomic E-state index is 12.5. The predicted molar refractivity (Wildman–Crippen MR) is 306 cm³/mol. The lowest BCUT2D eigenvalue weighted by Gasteiger charge is -2.20. The first kappa shape index (κ1) is 68.1. The summed E-state index contributed by atoms with van der Waals surface area (Å²) in [5, 5.41) is 23.2. The number of hydrogen-bond donors (Lipinski definition) is 3. The average Bonchev–Trinajstić information content (AvgIpc) is 3.36. The topological polar surface area (TPSA) is 95.9 Å². The zero-order valence-corrected chi connectivity index (χ0v) is 47.0. The summed E-state index contributed by atoms with van der Waals surface area (Å²) in [6.45, 7) is 4.90. The number of carbonyl (C=O) groups is 2. The molecule has 2 atom stereocenters. The fourth-order valence-corrected chi connectivity index (χ4v) is 9.57. The largest absolute Gasteiger partial charge is 0.466 e. The molecule has 6 heteroatoms. The minimum atomic E-state index is -0.854. The fraction of sp³-hybridized carbons (Fsp3) is 0.875. The number of allylic oxidation sites excluding steroid dienone is 5. The van der Waals surface area contributed by atoms with E-state index in [0.717, 1.165) is 64.2 Å². The number of rotatable bonds is 58. The van der Waals surface area contributed by atoms with Crippen LogP contribution in [0.1, 0.15) is 335 Å². The van der Waals surface area contributed by atoms with Crippen molar-refractivity contribution >= 4 is 11.9 Å². The van der Waals surface area contributed by atoms with Crippen molar-refractivity contribution in [3.63, 3.8) is 0 Å². The van der Waals surface area contributed by atoms with Crippen molar-refractivity contribution in [2.75, 3.05) is 13.2 Å². The minimum absolute atomic E-state index is 0.00560. The van der Waals surface area contributed by atoms with Crippen LogP contribution < -0.4 is 5.32 Å². The molecule has 0 radical (unpaired) electrons. The number of nitrogens with one attached hydrogen (secondary N) is 1. The summed E-state index contributed by atoms with van der Waals surface area (Å²) < 4.78 is 5.47. The van der Waals surface area contributed by atoms with Crippen molar-refractivity contribution in [1.82, 2.24) is 5.32 Å². The van der Waals surface area contributed by atoms with Crippen molar-refractivity contribution in [2.45, 2.75) is 347 Å². The normalized spacial score (nSPS) is 12.8. The zero-order chi connectivity index (χ0) is 50.7. The Morgan fingerprint density at radius 1 is 0.386 bits per heavy atom. The van der Waals surface area contributed by atoms with Gasteiger partial charge in [-0.1, -0.05) is 275 Å². The molecule has 0 saturated carbocycles. The molecule has 3 N–H and O–H groups in total. The number of hydrogen-bond acceptors (Lipinski definition) is 5. The van der Waals surface area contributed by atoms with Crippen LogP contribution >= 0.6 is 0 Å². The SMILES string of the molecule is CCCCCCCC/C=C\CCCCCCCC(=O)OCCCCCCCCCCC/C=C\CCCCCCCC(=O)NC(CO)C(O)/C=C/CCCCCCCCCCCCCCCCCCCC. The molecule has 0 rings (SSSR count). The van der Waals surface area contributed by atoms with E-state index in [2.05, 4.69) is 43.5 Å². The number of aliphatic hydroxyl groups excluding tert-OH is 2. The summed E-state index contributed by atoms with van der Waals surface area (Å²) in [5.74, 6) is -0.0858. The van der Waals surface area contributed by atoms with Gasteiger partial charge in [-0.15, -0.1) is 0 Å². The van der Waals surface area contributed by atoms with Crippen molar-refractivity contribution < 1.29 is 24.5 Å². The van der Waals surface area contributed by atoms with E-state index in [0.29, 0.717) is 19.4 Å². The molecule has 0 heterocycles. The third-order valence-electron chi connectivity index (χ3n) is 14.4. The van der Waals surface area contributed by atoms with E-state index >= 15 is 0 Å². The number of amides is 1. The average molecular weight is 985 g/mol. The molecule has 1 amide bonds. The zero-order valence-electron chi connectivity index (χ0n) is 47.0. The highest BCUT2D eigenvalue weighted by molar-refractivity contribution is 5.76. The van der Waals surface area contributed by atoms with Gasteiger partial charge in [0.2, 0.25) is 5.91 Å².